The summed E-state index contributed by atoms with van der Waals surface area (Å²) < 4.78 is 13.0. The van der Waals surface area contributed by atoms with Gasteiger partial charge in [0.05, 0.1) is 10.0 Å². The second-order valence-electron chi connectivity index (χ2n) is 4.87. The van der Waals surface area contributed by atoms with Crippen molar-refractivity contribution in [1.82, 2.24) is 4.90 Å². The van der Waals surface area contributed by atoms with E-state index in [1.807, 2.05) is 12.1 Å². The molecule has 0 aliphatic carbocycles. The third kappa shape index (κ3) is 2.96. The minimum Gasteiger partial charge on any atom is -0.322 e. The molecule has 3 rings (SSSR count). The molecule has 1 atom stereocenters. The van der Waals surface area contributed by atoms with E-state index >= 15 is 0 Å². The zero-order valence-electron chi connectivity index (χ0n) is 11.4. The molecule has 114 valence electrons. The molecule has 1 amide bonds. The number of amides is 1. The number of hydrogen-bond donors (Lipinski definition) is 0. The highest BCUT2D eigenvalue weighted by atomic mass is 35.5. The largest absolute Gasteiger partial charge is 0.322 e. The zero-order chi connectivity index (χ0) is 15.7. The topological polar surface area (TPSA) is 20.3 Å². The van der Waals surface area contributed by atoms with Gasteiger partial charge in [-0.3, -0.25) is 4.79 Å². The van der Waals surface area contributed by atoms with Crippen molar-refractivity contribution in [2.24, 2.45) is 0 Å². The number of nitrogens with zero attached hydrogens (tertiary/aromatic N) is 1. The van der Waals surface area contributed by atoms with Gasteiger partial charge in [0.1, 0.15) is 11.2 Å². The highest BCUT2D eigenvalue weighted by Gasteiger charge is 2.32. The van der Waals surface area contributed by atoms with Crippen LogP contribution in [0.25, 0.3) is 0 Å². The van der Waals surface area contributed by atoms with E-state index < -0.39 is 0 Å². The van der Waals surface area contributed by atoms with Gasteiger partial charge in [0, 0.05) is 23.4 Å². The average molecular weight is 356 g/mol. The minimum absolute atomic E-state index is 0.133. The van der Waals surface area contributed by atoms with Crippen LogP contribution in [0.3, 0.4) is 0 Å². The van der Waals surface area contributed by atoms with Crippen molar-refractivity contribution in [3.05, 3.63) is 69.5 Å². The molecule has 2 aromatic rings. The normalized spacial score (nSPS) is 17.8. The standard InChI is InChI=1S/C16H12Cl2FNOS/c17-13-3-1-2-12(14(13)18)16-20(8-9-22-16)15(21)10-4-6-11(19)7-5-10/h1-7,16H,8-9H2/t16-/m1/s1. The number of hydrogen-bond acceptors (Lipinski definition) is 2. The van der Waals surface area contributed by atoms with Gasteiger partial charge in [0.15, 0.2) is 0 Å². The predicted molar refractivity (Wildman–Crippen MR) is 89.1 cm³/mol. The molecule has 1 aliphatic heterocycles. The Morgan fingerprint density at radius 2 is 1.91 bits per heavy atom. The SMILES string of the molecule is O=C(c1ccc(F)cc1)N1CCS[C@@H]1c1cccc(Cl)c1Cl. The van der Waals surface area contributed by atoms with E-state index in [2.05, 4.69) is 0 Å². The molecule has 22 heavy (non-hydrogen) atoms. The van der Waals surface area contributed by atoms with Gasteiger partial charge in [-0.2, -0.15) is 0 Å². The average Bonchev–Trinajstić information content (AvgIpc) is 2.99. The first kappa shape index (κ1) is 15.7. The number of carbonyl (C=O) groups excluding carboxylic acids is 1. The third-order valence-corrected chi connectivity index (χ3v) is 5.57. The molecule has 2 aromatic carbocycles. The molecule has 1 fully saturated rings. The Morgan fingerprint density at radius 1 is 1.18 bits per heavy atom. The fraction of sp³-hybridized carbons (Fsp3) is 0.188. The van der Waals surface area contributed by atoms with Crippen LogP contribution in [0.2, 0.25) is 10.0 Å². The lowest BCUT2D eigenvalue weighted by Crippen LogP contribution is -2.30. The van der Waals surface area contributed by atoms with Gasteiger partial charge in [0.2, 0.25) is 0 Å². The van der Waals surface area contributed by atoms with Crippen LogP contribution in [0.15, 0.2) is 42.5 Å². The Bertz CT molecular complexity index is 708. The highest BCUT2D eigenvalue weighted by Crippen LogP contribution is 2.43. The van der Waals surface area contributed by atoms with E-state index in [9.17, 15) is 9.18 Å². The van der Waals surface area contributed by atoms with Gasteiger partial charge >= 0.3 is 0 Å². The molecule has 0 unspecified atom stereocenters. The molecule has 1 aliphatic rings. The van der Waals surface area contributed by atoms with E-state index in [0.29, 0.717) is 22.2 Å². The second kappa shape index (κ2) is 6.49. The molecule has 6 heteroatoms. The zero-order valence-corrected chi connectivity index (χ0v) is 13.8. The smallest absolute Gasteiger partial charge is 0.255 e. The number of carbonyl (C=O) groups is 1. The van der Waals surface area contributed by atoms with Gasteiger partial charge in [-0.1, -0.05) is 35.3 Å². The number of halogens is 3. The Balaban J connectivity index is 1.91. The lowest BCUT2D eigenvalue weighted by molar-refractivity contribution is 0.0760. The maximum Gasteiger partial charge on any atom is 0.255 e. The second-order valence-corrected chi connectivity index (χ2v) is 6.84. The molecule has 0 spiro atoms. The fourth-order valence-electron chi connectivity index (χ4n) is 2.41. The number of benzene rings is 2. The summed E-state index contributed by atoms with van der Waals surface area (Å²) in [6.07, 6.45) is 0. The van der Waals surface area contributed by atoms with Crippen molar-refractivity contribution in [3.8, 4) is 0 Å². The van der Waals surface area contributed by atoms with Crippen molar-refractivity contribution < 1.29 is 9.18 Å². The van der Waals surface area contributed by atoms with E-state index in [-0.39, 0.29) is 17.1 Å². The maximum absolute atomic E-state index is 13.0. The molecule has 0 radical (unpaired) electrons. The van der Waals surface area contributed by atoms with Gasteiger partial charge in [-0.25, -0.2) is 4.39 Å². The van der Waals surface area contributed by atoms with Crippen LogP contribution in [0.1, 0.15) is 21.3 Å². The van der Waals surface area contributed by atoms with Crippen LogP contribution in [0.4, 0.5) is 4.39 Å². The van der Waals surface area contributed by atoms with Crippen molar-refractivity contribution in [2.45, 2.75) is 5.37 Å². The lowest BCUT2D eigenvalue weighted by atomic mass is 10.1. The Labute approximate surface area is 142 Å². The predicted octanol–water partition coefficient (Wildman–Crippen LogP) is 5.02. The quantitative estimate of drug-likeness (QED) is 0.753. The third-order valence-electron chi connectivity index (χ3n) is 3.49. The first-order valence-corrected chi connectivity index (χ1v) is 8.50. The van der Waals surface area contributed by atoms with Gasteiger partial charge in [-0.15, -0.1) is 11.8 Å². The van der Waals surface area contributed by atoms with Gasteiger partial charge < -0.3 is 4.90 Å². The summed E-state index contributed by atoms with van der Waals surface area (Å²) in [5, 5.41) is 0.769. The summed E-state index contributed by atoms with van der Waals surface area (Å²) in [5.41, 5.74) is 1.29. The molecule has 0 N–H and O–H groups in total. The molecule has 0 aromatic heterocycles. The van der Waals surface area contributed by atoms with Crippen LogP contribution in [0, 0.1) is 5.82 Å². The Hall–Kier alpha value is -1.23. The summed E-state index contributed by atoms with van der Waals surface area (Å²) in [6, 6.07) is 11.0. The first-order valence-electron chi connectivity index (χ1n) is 6.70. The van der Waals surface area contributed by atoms with Gasteiger partial charge in [-0.05, 0) is 30.3 Å². The monoisotopic (exact) mass is 355 g/mol. The van der Waals surface area contributed by atoms with Crippen LogP contribution in [0.5, 0.6) is 0 Å². The molecular formula is C16H12Cl2FNOS. The van der Waals surface area contributed by atoms with Crippen molar-refractivity contribution >= 4 is 40.9 Å². The molecule has 1 heterocycles. The number of thioether (sulfide) groups is 1. The summed E-state index contributed by atoms with van der Waals surface area (Å²) in [7, 11) is 0. The van der Waals surface area contributed by atoms with Crippen molar-refractivity contribution in [1.29, 1.82) is 0 Å². The summed E-state index contributed by atoms with van der Waals surface area (Å²) in [4.78, 5) is 14.4. The van der Waals surface area contributed by atoms with Crippen LogP contribution >= 0.6 is 35.0 Å². The molecule has 2 nitrogen and oxygen atoms in total. The molecular weight excluding hydrogens is 344 g/mol. The van der Waals surface area contributed by atoms with Crippen LogP contribution in [-0.4, -0.2) is 23.1 Å². The van der Waals surface area contributed by atoms with Crippen molar-refractivity contribution in [2.75, 3.05) is 12.3 Å². The van der Waals surface area contributed by atoms with E-state index in [1.165, 1.54) is 24.3 Å². The Morgan fingerprint density at radius 3 is 2.64 bits per heavy atom. The van der Waals surface area contributed by atoms with Crippen LogP contribution < -0.4 is 0 Å². The van der Waals surface area contributed by atoms with E-state index in [1.54, 1.807) is 22.7 Å². The first-order chi connectivity index (χ1) is 10.6. The Kier molecular flexibility index (Phi) is 4.62. The summed E-state index contributed by atoms with van der Waals surface area (Å²) in [5.74, 6) is 0.327. The summed E-state index contributed by atoms with van der Waals surface area (Å²) in [6.45, 7) is 0.619. The van der Waals surface area contributed by atoms with Gasteiger partial charge in [0.25, 0.3) is 5.91 Å². The summed E-state index contributed by atoms with van der Waals surface area (Å²) >= 11 is 14.0. The van der Waals surface area contributed by atoms with Crippen LogP contribution in [-0.2, 0) is 0 Å². The molecule has 0 saturated carbocycles. The number of rotatable bonds is 2. The highest BCUT2D eigenvalue weighted by molar-refractivity contribution is 7.99. The molecule has 1 saturated heterocycles. The molecule has 0 bridgehead atoms. The van der Waals surface area contributed by atoms with E-state index in [0.717, 1.165) is 11.3 Å². The fourth-order valence-corrected chi connectivity index (χ4v) is 4.16. The lowest BCUT2D eigenvalue weighted by Gasteiger charge is -2.25. The maximum atomic E-state index is 13.0. The van der Waals surface area contributed by atoms with Crippen molar-refractivity contribution in [3.63, 3.8) is 0 Å². The minimum atomic E-state index is -0.359. The van der Waals surface area contributed by atoms with E-state index in [4.69, 9.17) is 23.2 Å².